The minimum atomic E-state index is 0.440. The maximum absolute atomic E-state index is 5.68. The first-order valence-corrected chi connectivity index (χ1v) is 5.40. The molecule has 0 atom stereocenters. The van der Waals surface area contributed by atoms with E-state index >= 15 is 0 Å². The van der Waals surface area contributed by atoms with E-state index in [-0.39, 0.29) is 0 Å². The van der Waals surface area contributed by atoms with Gasteiger partial charge in [-0.15, -0.1) is 11.3 Å². The highest BCUT2D eigenvalue weighted by molar-refractivity contribution is 7.13. The van der Waals surface area contributed by atoms with Gasteiger partial charge in [0.25, 0.3) is 0 Å². The molecule has 0 amide bonds. The van der Waals surface area contributed by atoms with Crippen molar-refractivity contribution in [1.29, 1.82) is 0 Å². The van der Waals surface area contributed by atoms with E-state index in [0.717, 1.165) is 22.6 Å². The summed E-state index contributed by atoms with van der Waals surface area (Å²) in [6.45, 7) is 4.12. The first-order valence-electron chi connectivity index (χ1n) is 4.52. The molecule has 4 heteroatoms. The summed E-state index contributed by atoms with van der Waals surface area (Å²) in [6.07, 6.45) is 0.849. The first-order chi connectivity index (χ1) is 6.74. The second-order valence-corrected chi connectivity index (χ2v) is 4.08. The molecule has 0 aromatic carbocycles. The second kappa shape index (κ2) is 3.46. The zero-order valence-corrected chi connectivity index (χ0v) is 9.02. The predicted molar refractivity (Wildman–Crippen MR) is 58.3 cm³/mol. The van der Waals surface area contributed by atoms with Crippen LogP contribution in [-0.2, 0) is 6.42 Å². The Bertz CT molecular complexity index is 445. The van der Waals surface area contributed by atoms with E-state index in [1.54, 1.807) is 11.3 Å². The van der Waals surface area contributed by atoms with Gasteiger partial charge in [0.15, 0.2) is 0 Å². The molecule has 0 spiro atoms. The van der Waals surface area contributed by atoms with Crippen molar-refractivity contribution in [1.82, 2.24) is 5.16 Å². The molecule has 0 unspecified atom stereocenters. The molecule has 0 fully saturated rings. The number of nitrogen functional groups attached to an aromatic ring is 1. The number of anilines is 1. The van der Waals surface area contributed by atoms with Crippen LogP contribution in [0.1, 0.15) is 18.1 Å². The van der Waals surface area contributed by atoms with Crippen LogP contribution in [0.2, 0.25) is 0 Å². The largest absolute Gasteiger partial charge is 0.367 e. The van der Waals surface area contributed by atoms with Crippen molar-refractivity contribution in [2.24, 2.45) is 0 Å². The third-order valence-electron chi connectivity index (χ3n) is 2.25. The van der Waals surface area contributed by atoms with E-state index in [2.05, 4.69) is 30.5 Å². The van der Waals surface area contributed by atoms with Gasteiger partial charge in [-0.1, -0.05) is 12.1 Å². The summed E-state index contributed by atoms with van der Waals surface area (Å²) in [5.74, 6) is 0.440. The van der Waals surface area contributed by atoms with Gasteiger partial charge in [-0.05, 0) is 30.4 Å². The highest BCUT2D eigenvalue weighted by Gasteiger charge is 2.15. The molecule has 0 radical (unpaired) electrons. The number of thiophene rings is 1. The molecule has 2 heterocycles. The fourth-order valence-corrected chi connectivity index (χ4v) is 2.39. The average Bonchev–Trinajstić information content (AvgIpc) is 2.71. The highest BCUT2D eigenvalue weighted by atomic mass is 32.1. The number of hydrogen-bond donors (Lipinski definition) is 1. The smallest absolute Gasteiger partial charge is 0.225 e. The van der Waals surface area contributed by atoms with Crippen LogP contribution in [-0.4, -0.2) is 5.16 Å². The van der Waals surface area contributed by atoms with Crippen LogP contribution in [0.4, 0.5) is 5.88 Å². The van der Waals surface area contributed by atoms with Gasteiger partial charge in [-0.2, -0.15) is 0 Å². The number of aryl methyl sites for hydroxylation is 1. The first kappa shape index (κ1) is 9.27. The van der Waals surface area contributed by atoms with E-state index in [1.165, 1.54) is 5.56 Å². The fourth-order valence-electron chi connectivity index (χ4n) is 1.46. The van der Waals surface area contributed by atoms with E-state index in [0.29, 0.717) is 5.88 Å². The molecule has 0 bridgehead atoms. The third kappa shape index (κ3) is 1.32. The summed E-state index contributed by atoms with van der Waals surface area (Å²) >= 11 is 1.67. The summed E-state index contributed by atoms with van der Waals surface area (Å²) in [7, 11) is 0. The van der Waals surface area contributed by atoms with Crippen molar-refractivity contribution in [2.75, 3.05) is 5.73 Å². The molecule has 14 heavy (non-hydrogen) atoms. The van der Waals surface area contributed by atoms with Gasteiger partial charge < -0.3 is 10.3 Å². The van der Waals surface area contributed by atoms with E-state index in [1.807, 2.05) is 0 Å². The molecule has 2 aromatic rings. The minimum Gasteiger partial charge on any atom is -0.367 e. The molecule has 2 rings (SSSR count). The lowest BCUT2D eigenvalue weighted by Gasteiger charge is -1.96. The molecule has 3 nitrogen and oxygen atoms in total. The Morgan fingerprint density at radius 1 is 1.57 bits per heavy atom. The number of nitrogens with two attached hydrogens (primary N) is 1. The summed E-state index contributed by atoms with van der Waals surface area (Å²) in [6, 6.07) is 2.07. The number of rotatable bonds is 2. The second-order valence-electron chi connectivity index (χ2n) is 3.16. The Morgan fingerprint density at radius 2 is 2.36 bits per heavy atom. The topological polar surface area (TPSA) is 52.0 Å². The standard InChI is InChI=1S/C10H12N2OS/c1-3-7-8(12-13-10(7)11)9-6(2)4-5-14-9/h4-5H,3,11H2,1-2H3. The molecule has 0 saturated heterocycles. The lowest BCUT2D eigenvalue weighted by molar-refractivity contribution is 0.439. The molecule has 0 aliphatic heterocycles. The maximum Gasteiger partial charge on any atom is 0.225 e. The summed E-state index contributed by atoms with van der Waals surface area (Å²) in [4.78, 5) is 1.15. The van der Waals surface area contributed by atoms with E-state index < -0.39 is 0 Å². The SMILES string of the molecule is CCc1c(-c2sccc2C)noc1N. The quantitative estimate of drug-likeness (QED) is 0.825. The van der Waals surface area contributed by atoms with Gasteiger partial charge in [0.1, 0.15) is 5.69 Å². The lowest BCUT2D eigenvalue weighted by atomic mass is 10.1. The molecule has 2 aromatic heterocycles. The van der Waals surface area contributed by atoms with Gasteiger partial charge in [-0.3, -0.25) is 0 Å². The van der Waals surface area contributed by atoms with Crippen molar-refractivity contribution in [2.45, 2.75) is 20.3 Å². The van der Waals surface area contributed by atoms with Gasteiger partial charge in [-0.25, -0.2) is 0 Å². The van der Waals surface area contributed by atoms with Crippen LogP contribution in [0.25, 0.3) is 10.6 Å². The Morgan fingerprint density at radius 3 is 2.93 bits per heavy atom. The van der Waals surface area contributed by atoms with Gasteiger partial charge in [0.2, 0.25) is 5.88 Å². The van der Waals surface area contributed by atoms with Crippen molar-refractivity contribution in [3.8, 4) is 10.6 Å². The van der Waals surface area contributed by atoms with Gasteiger partial charge in [0, 0.05) is 5.56 Å². The summed E-state index contributed by atoms with van der Waals surface area (Å²) < 4.78 is 5.00. The van der Waals surface area contributed by atoms with Gasteiger partial charge >= 0.3 is 0 Å². The van der Waals surface area contributed by atoms with Crippen molar-refractivity contribution >= 4 is 17.2 Å². The molecule has 0 aliphatic rings. The highest BCUT2D eigenvalue weighted by Crippen LogP contribution is 2.33. The molecule has 0 saturated carbocycles. The summed E-state index contributed by atoms with van der Waals surface area (Å²) in [5.41, 5.74) is 8.81. The zero-order chi connectivity index (χ0) is 10.1. The molecular formula is C10H12N2OS. The molecule has 74 valence electrons. The Labute approximate surface area is 86.5 Å². The van der Waals surface area contributed by atoms with E-state index in [9.17, 15) is 0 Å². The number of nitrogens with zero attached hydrogens (tertiary/aromatic N) is 1. The number of aromatic nitrogens is 1. The van der Waals surface area contributed by atoms with Crippen LogP contribution in [0.15, 0.2) is 16.0 Å². The average molecular weight is 208 g/mol. The van der Waals surface area contributed by atoms with Crippen LogP contribution in [0.5, 0.6) is 0 Å². The molecule has 0 aliphatic carbocycles. The number of hydrogen-bond acceptors (Lipinski definition) is 4. The third-order valence-corrected chi connectivity index (χ3v) is 3.27. The maximum atomic E-state index is 5.68. The van der Waals surface area contributed by atoms with Gasteiger partial charge in [0.05, 0.1) is 4.88 Å². The van der Waals surface area contributed by atoms with Crippen LogP contribution in [0.3, 0.4) is 0 Å². The van der Waals surface area contributed by atoms with Crippen molar-refractivity contribution < 1.29 is 4.52 Å². The van der Waals surface area contributed by atoms with Crippen LogP contribution >= 0.6 is 11.3 Å². The Balaban J connectivity index is 2.57. The monoisotopic (exact) mass is 208 g/mol. The van der Waals surface area contributed by atoms with Crippen LogP contribution < -0.4 is 5.73 Å². The van der Waals surface area contributed by atoms with Crippen LogP contribution in [0, 0.1) is 6.92 Å². The Hall–Kier alpha value is -1.29. The predicted octanol–water partition coefficient (Wildman–Crippen LogP) is 2.86. The normalized spacial score (nSPS) is 10.7. The minimum absolute atomic E-state index is 0.440. The zero-order valence-electron chi connectivity index (χ0n) is 8.20. The Kier molecular flexibility index (Phi) is 2.29. The molecule has 2 N–H and O–H groups in total. The fraction of sp³-hybridized carbons (Fsp3) is 0.300. The summed E-state index contributed by atoms with van der Waals surface area (Å²) in [5, 5.41) is 6.05. The molecular weight excluding hydrogens is 196 g/mol. The lowest BCUT2D eigenvalue weighted by Crippen LogP contribution is -1.89. The van der Waals surface area contributed by atoms with Crippen molar-refractivity contribution in [3.63, 3.8) is 0 Å². The van der Waals surface area contributed by atoms with E-state index in [4.69, 9.17) is 10.3 Å². The van der Waals surface area contributed by atoms with Crippen molar-refractivity contribution in [3.05, 3.63) is 22.6 Å².